The van der Waals surface area contributed by atoms with Gasteiger partial charge in [0.05, 0.1) is 17.7 Å². The highest BCUT2D eigenvalue weighted by Crippen LogP contribution is 2.40. The predicted molar refractivity (Wildman–Crippen MR) is 112 cm³/mol. The quantitative estimate of drug-likeness (QED) is 0.730. The fourth-order valence-electron chi connectivity index (χ4n) is 3.94. The summed E-state index contributed by atoms with van der Waals surface area (Å²) in [7, 11) is 0. The maximum Gasteiger partial charge on any atom is 0.348 e. The minimum atomic E-state index is -1.12. The van der Waals surface area contributed by atoms with Crippen molar-refractivity contribution < 1.29 is 24.2 Å². The Morgan fingerprint density at radius 3 is 2.41 bits per heavy atom. The Kier molecular flexibility index (Phi) is 6.39. The maximum atomic E-state index is 13.4. The van der Waals surface area contributed by atoms with Gasteiger partial charge in [-0.1, -0.05) is 19.1 Å². The van der Waals surface area contributed by atoms with Crippen LogP contribution in [0.1, 0.15) is 49.7 Å². The lowest BCUT2D eigenvalue weighted by Crippen LogP contribution is -2.46. The number of carbonyl (C=O) groups is 2. The van der Waals surface area contributed by atoms with Crippen molar-refractivity contribution in [3.8, 4) is 10.4 Å². The van der Waals surface area contributed by atoms with Crippen molar-refractivity contribution in [2.75, 3.05) is 4.90 Å². The molecule has 3 rings (SSSR count). The first kappa shape index (κ1) is 21.5. The molecule has 0 spiro atoms. The van der Waals surface area contributed by atoms with Crippen LogP contribution in [0.4, 0.5) is 10.1 Å². The largest absolute Gasteiger partial charge is 0.477 e. The van der Waals surface area contributed by atoms with Gasteiger partial charge in [-0.15, -0.1) is 11.3 Å². The molecule has 0 bridgehead atoms. The van der Waals surface area contributed by atoms with E-state index in [1.807, 2.05) is 13.8 Å². The Morgan fingerprint density at radius 2 is 1.86 bits per heavy atom. The number of benzene rings is 1. The number of carboxylic acid groups (broad SMARTS) is 1. The van der Waals surface area contributed by atoms with Gasteiger partial charge in [-0.25, -0.2) is 9.18 Å². The summed E-state index contributed by atoms with van der Waals surface area (Å²) in [6.45, 7) is 5.72. The lowest BCUT2D eigenvalue weighted by molar-refractivity contribution is -0.128. The van der Waals surface area contributed by atoms with E-state index in [0.29, 0.717) is 34.9 Å². The summed E-state index contributed by atoms with van der Waals surface area (Å²) in [5.41, 5.74) is 1.01. The number of halogens is 1. The van der Waals surface area contributed by atoms with E-state index in [1.54, 1.807) is 18.2 Å². The van der Waals surface area contributed by atoms with Crippen LogP contribution in [0.2, 0.25) is 0 Å². The van der Waals surface area contributed by atoms with Crippen LogP contribution in [0.15, 0.2) is 30.3 Å². The summed E-state index contributed by atoms with van der Waals surface area (Å²) in [6.07, 6.45) is 1.28. The highest BCUT2D eigenvalue weighted by Gasteiger charge is 2.38. The molecular weight excluding hydrogens is 393 g/mol. The van der Waals surface area contributed by atoms with E-state index < -0.39 is 18.0 Å². The number of aliphatic hydroxyl groups excluding tert-OH is 1. The molecule has 156 valence electrons. The van der Waals surface area contributed by atoms with Crippen molar-refractivity contribution in [1.82, 2.24) is 0 Å². The zero-order valence-electron chi connectivity index (χ0n) is 16.8. The fraction of sp³-hybridized carbons (Fsp3) is 0.455. The number of anilines is 1. The summed E-state index contributed by atoms with van der Waals surface area (Å²) >= 11 is 1.06. The molecule has 1 fully saturated rings. The third-order valence-electron chi connectivity index (χ3n) is 5.44. The van der Waals surface area contributed by atoms with E-state index in [1.165, 1.54) is 17.0 Å². The zero-order valence-corrected chi connectivity index (χ0v) is 17.6. The smallest absolute Gasteiger partial charge is 0.348 e. The Morgan fingerprint density at radius 1 is 1.21 bits per heavy atom. The minimum Gasteiger partial charge on any atom is -0.477 e. The van der Waals surface area contributed by atoms with E-state index in [9.17, 15) is 24.2 Å². The number of aliphatic hydroxyl groups is 1. The number of hydrogen-bond acceptors (Lipinski definition) is 4. The van der Waals surface area contributed by atoms with Gasteiger partial charge in [0.1, 0.15) is 10.7 Å². The second-order valence-corrected chi connectivity index (χ2v) is 9.08. The van der Waals surface area contributed by atoms with Crippen molar-refractivity contribution in [2.24, 2.45) is 11.8 Å². The summed E-state index contributed by atoms with van der Waals surface area (Å²) in [5, 5.41) is 20.2. The number of rotatable bonds is 5. The Balaban J connectivity index is 2.01. The Labute approximate surface area is 173 Å². The van der Waals surface area contributed by atoms with Crippen LogP contribution >= 0.6 is 11.3 Å². The molecular formula is C22H26FNO4S. The van der Waals surface area contributed by atoms with Crippen molar-refractivity contribution in [3.05, 3.63) is 41.0 Å². The van der Waals surface area contributed by atoms with Gasteiger partial charge in [0.2, 0.25) is 5.91 Å². The first-order valence-corrected chi connectivity index (χ1v) is 10.6. The molecule has 0 radical (unpaired) electrons. The van der Waals surface area contributed by atoms with E-state index in [4.69, 9.17) is 0 Å². The molecule has 3 atom stereocenters. The second-order valence-electron chi connectivity index (χ2n) is 8.03. The molecule has 1 heterocycles. The fourth-order valence-corrected chi connectivity index (χ4v) is 4.93. The number of hydrogen-bond donors (Lipinski definition) is 2. The molecule has 0 saturated heterocycles. The third kappa shape index (κ3) is 4.51. The van der Waals surface area contributed by atoms with Crippen molar-refractivity contribution in [1.29, 1.82) is 0 Å². The van der Waals surface area contributed by atoms with Crippen LogP contribution in [0.25, 0.3) is 10.4 Å². The van der Waals surface area contributed by atoms with Gasteiger partial charge < -0.3 is 15.1 Å². The molecule has 1 aliphatic carbocycles. The summed E-state index contributed by atoms with van der Waals surface area (Å²) in [5.74, 6) is -1.91. The number of carboxylic acids is 1. The summed E-state index contributed by atoms with van der Waals surface area (Å²) < 4.78 is 13.3. The van der Waals surface area contributed by atoms with E-state index >= 15 is 0 Å². The van der Waals surface area contributed by atoms with Gasteiger partial charge in [-0.3, -0.25) is 4.79 Å². The molecule has 1 aromatic carbocycles. The monoisotopic (exact) mass is 419 g/mol. The molecule has 1 amide bonds. The molecule has 29 heavy (non-hydrogen) atoms. The van der Waals surface area contributed by atoms with Gasteiger partial charge in [0, 0.05) is 10.9 Å². The van der Waals surface area contributed by atoms with Gasteiger partial charge in [0.15, 0.2) is 0 Å². The third-order valence-corrected chi connectivity index (χ3v) is 6.61. The molecule has 5 nitrogen and oxygen atoms in total. The average molecular weight is 420 g/mol. The first-order chi connectivity index (χ1) is 13.7. The second kappa shape index (κ2) is 8.63. The van der Waals surface area contributed by atoms with Crippen molar-refractivity contribution in [2.45, 2.75) is 52.2 Å². The standard InChI is InChI=1S/C22H26FNO4S/c1-12(2)24(21(26)16-9-4-13(3)10-18(16)25)17-11-19(29-20(17)22(27)28)14-5-7-15(23)8-6-14/h5-8,11-13,16,18,25H,4,9-10H2,1-3H3,(H,27,28). The van der Waals surface area contributed by atoms with E-state index in [-0.39, 0.29) is 22.6 Å². The zero-order chi connectivity index (χ0) is 21.3. The number of aromatic carboxylic acids is 1. The lowest BCUT2D eigenvalue weighted by atomic mass is 9.80. The Hall–Kier alpha value is -2.25. The summed E-state index contributed by atoms with van der Waals surface area (Å²) in [4.78, 5) is 27.5. The number of amides is 1. The van der Waals surface area contributed by atoms with Crippen LogP contribution in [-0.2, 0) is 4.79 Å². The molecule has 0 aliphatic heterocycles. The van der Waals surface area contributed by atoms with Crippen LogP contribution in [0.5, 0.6) is 0 Å². The highest BCUT2D eigenvalue weighted by atomic mass is 32.1. The minimum absolute atomic E-state index is 0.0602. The molecule has 3 unspecified atom stereocenters. The maximum absolute atomic E-state index is 13.4. The molecule has 1 aliphatic rings. The van der Waals surface area contributed by atoms with Crippen molar-refractivity contribution in [3.63, 3.8) is 0 Å². The molecule has 1 aromatic heterocycles. The molecule has 7 heteroatoms. The van der Waals surface area contributed by atoms with Gasteiger partial charge >= 0.3 is 5.97 Å². The van der Waals surface area contributed by atoms with Gasteiger partial charge in [-0.05, 0) is 62.8 Å². The Bertz CT molecular complexity index is 893. The van der Waals surface area contributed by atoms with E-state index in [2.05, 4.69) is 6.92 Å². The SMILES string of the molecule is CC1CCC(C(=O)N(c2cc(-c3ccc(F)cc3)sc2C(=O)O)C(C)C)C(O)C1. The van der Waals surface area contributed by atoms with Crippen LogP contribution in [0.3, 0.4) is 0 Å². The van der Waals surface area contributed by atoms with Gasteiger partial charge in [0.25, 0.3) is 0 Å². The van der Waals surface area contributed by atoms with Crippen molar-refractivity contribution >= 4 is 28.9 Å². The van der Waals surface area contributed by atoms with Crippen LogP contribution in [0, 0.1) is 17.7 Å². The first-order valence-electron chi connectivity index (χ1n) is 9.83. The van der Waals surface area contributed by atoms with Gasteiger partial charge in [-0.2, -0.15) is 0 Å². The molecule has 2 aromatic rings. The predicted octanol–water partition coefficient (Wildman–Crippen LogP) is 4.79. The summed E-state index contributed by atoms with van der Waals surface area (Å²) in [6, 6.07) is 7.22. The molecule has 2 N–H and O–H groups in total. The molecule has 1 saturated carbocycles. The average Bonchev–Trinajstić information content (AvgIpc) is 3.07. The van der Waals surface area contributed by atoms with E-state index in [0.717, 1.165) is 17.8 Å². The number of thiophene rings is 1. The van der Waals surface area contributed by atoms with Crippen LogP contribution < -0.4 is 4.90 Å². The lowest BCUT2D eigenvalue weighted by Gasteiger charge is -2.36. The number of nitrogens with zero attached hydrogens (tertiary/aromatic N) is 1. The van der Waals surface area contributed by atoms with Crippen LogP contribution in [-0.4, -0.2) is 34.2 Å². The number of carbonyl (C=O) groups excluding carboxylic acids is 1. The normalized spacial score (nSPS) is 21.9. The topological polar surface area (TPSA) is 77.8 Å². The highest BCUT2D eigenvalue weighted by molar-refractivity contribution is 7.18.